The van der Waals surface area contributed by atoms with E-state index < -0.39 is 0 Å². The molecule has 132 valence electrons. The average Bonchev–Trinajstić information content (AvgIpc) is 3.05. The molecule has 0 amide bonds. The Bertz CT molecular complexity index is 1150. The number of fused-ring (bicyclic) bond motifs is 2. The second kappa shape index (κ2) is 6.65. The minimum absolute atomic E-state index is 0.310. The van der Waals surface area contributed by atoms with E-state index in [0.29, 0.717) is 10.6 Å². The summed E-state index contributed by atoms with van der Waals surface area (Å²) < 4.78 is 11.4. The standard InChI is InChI=1S/C22H19ClO3/c1-3-4-5-15-10-20(24)26-22-13(2)21-18(11-17(15)22)19(12-25-21)14-6-8-16(23)9-7-14/h6-12H,3-5H2,1-2H3. The summed E-state index contributed by atoms with van der Waals surface area (Å²) in [5, 5.41) is 2.70. The number of furan rings is 1. The number of halogens is 1. The third-order valence-electron chi connectivity index (χ3n) is 4.84. The molecular weight excluding hydrogens is 348 g/mol. The largest absolute Gasteiger partial charge is 0.463 e. The van der Waals surface area contributed by atoms with Crippen molar-refractivity contribution in [3.8, 4) is 11.1 Å². The van der Waals surface area contributed by atoms with Crippen LogP contribution in [0, 0.1) is 6.92 Å². The highest BCUT2D eigenvalue weighted by Gasteiger charge is 2.17. The van der Waals surface area contributed by atoms with E-state index in [1.807, 2.05) is 31.2 Å². The van der Waals surface area contributed by atoms with Gasteiger partial charge in [-0.1, -0.05) is 37.1 Å². The molecule has 0 spiro atoms. The summed E-state index contributed by atoms with van der Waals surface area (Å²) in [6, 6.07) is 11.4. The number of hydrogen-bond acceptors (Lipinski definition) is 3. The SMILES string of the molecule is CCCCc1cc(=O)oc2c(C)c3occ(-c4ccc(Cl)cc4)c3cc12. The van der Waals surface area contributed by atoms with Crippen LogP contribution in [0.1, 0.15) is 30.9 Å². The van der Waals surface area contributed by atoms with Crippen molar-refractivity contribution in [1.29, 1.82) is 0 Å². The zero-order valence-corrected chi connectivity index (χ0v) is 15.5. The second-order valence-corrected chi connectivity index (χ2v) is 7.04. The average molecular weight is 367 g/mol. The number of benzene rings is 2. The first kappa shape index (κ1) is 16.9. The summed E-state index contributed by atoms with van der Waals surface area (Å²) in [5.74, 6) is 0. The minimum atomic E-state index is -0.310. The zero-order valence-electron chi connectivity index (χ0n) is 14.8. The van der Waals surface area contributed by atoms with Gasteiger partial charge in [0.25, 0.3) is 0 Å². The molecule has 0 radical (unpaired) electrons. The van der Waals surface area contributed by atoms with Crippen LogP contribution in [-0.4, -0.2) is 0 Å². The maximum absolute atomic E-state index is 12.0. The molecule has 0 aliphatic heterocycles. The number of unbranched alkanes of at least 4 members (excludes halogenated alkanes) is 1. The Morgan fingerprint density at radius 3 is 2.54 bits per heavy atom. The molecule has 4 aromatic rings. The summed E-state index contributed by atoms with van der Waals surface area (Å²) in [6.45, 7) is 4.08. The minimum Gasteiger partial charge on any atom is -0.463 e. The summed E-state index contributed by atoms with van der Waals surface area (Å²) in [5.41, 5.74) is 5.00. The van der Waals surface area contributed by atoms with Crippen LogP contribution in [0.5, 0.6) is 0 Å². The summed E-state index contributed by atoms with van der Waals surface area (Å²) in [4.78, 5) is 12.0. The van der Waals surface area contributed by atoms with E-state index in [2.05, 4.69) is 13.0 Å². The summed E-state index contributed by atoms with van der Waals surface area (Å²) in [6.07, 6.45) is 4.72. The van der Waals surface area contributed by atoms with E-state index in [4.69, 9.17) is 20.4 Å². The molecule has 0 atom stereocenters. The van der Waals surface area contributed by atoms with Gasteiger partial charge in [-0.3, -0.25) is 0 Å². The molecule has 4 rings (SSSR count). The smallest absolute Gasteiger partial charge is 0.336 e. The molecule has 0 bridgehead atoms. The molecule has 0 aliphatic carbocycles. The zero-order chi connectivity index (χ0) is 18.3. The van der Waals surface area contributed by atoms with E-state index in [1.165, 1.54) is 0 Å². The van der Waals surface area contributed by atoms with Gasteiger partial charge in [0.1, 0.15) is 11.2 Å². The number of hydrogen-bond donors (Lipinski definition) is 0. The van der Waals surface area contributed by atoms with Crippen molar-refractivity contribution in [3.05, 3.63) is 69.2 Å². The molecule has 26 heavy (non-hydrogen) atoms. The predicted octanol–water partition coefficient (Wildman–Crippen LogP) is 6.51. The lowest BCUT2D eigenvalue weighted by Gasteiger charge is -2.08. The van der Waals surface area contributed by atoms with Crippen LogP contribution < -0.4 is 5.63 Å². The molecule has 0 saturated heterocycles. The van der Waals surface area contributed by atoms with Crippen molar-refractivity contribution < 1.29 is 8.83 Å². The first-order chi connectivity index (χ1) is 12.6. The number of aryl methyl sites for hydroxylation is 2. The van der Waals surface area contributed by atoms with Gasteiger partial charge in [0.2, 0.25) is 0 Å². The van der Waals surface area contributed by atoms with E-state index in [9.17, 15) is 4.79 Å². The van der Waals surface area contributed by atoms with Crippen molar-refractivity contribution in [1.82, 2.24) is 0 Å². The molecule has 2 aromatic carbocycles. The van der Waals surface area contributed by atoms with Crippen LogP contribution in [0.15, 0.2) is 56.3 Å². The normalized spacial score (nSPS) is 11.5. The first-order valence-corrected chi connectivity index (χ1v) is 9.19. The fourth-order valence-electron chi connectivity index (χ4n) is 3.46. The maximum atomic E-state index is 12.0. The fraction of sp³-hybridized carbons (Fsp3) is 0.227. The second-order valence-electron chi connectivity index (χ2n) is 6.61. The third-order valence-corrected chi connectivity index (χ3v) is 5.09. The van der Waals surface area contributed by atoms with Gasteiger partial charge in [-0.25, -0.2) is 4.79 Å². The van der Waals surface area contributed by atoms with Gasteiger partial charge in [-0.2, -0.15) is 0 Å². The Hall–Kier alpha value is -2.52. The van der Waals surface area contributed by atoms with Crippen molar-refractivity contribution in [2.75, 3.05) is 0 Å². The third kappa shape index (κ3) is 2.82. The van der Waals surface area contributed by atoms with Gasteiger partial charge in [-0.15, -0.1) is 0 Å². The summed E-state index contributed by atoms with van der Waals surface area (Å²) in [7, 11) is 0. The van der Waals surface area contributed by atoms with Crippen molar-refractivity contribution >= 4 is 33.5 Å². The van der Waals surface area contributed by atoms with E-state index in [-0.39, 0.29) is 5.63 Å². The van der Waals surface area contributed by atoms with Crippen LogP contribution in [0.2, 0.25) is 5.02 Å². The molecule has 2 aromatic heterocycles. The van der Waals surface area contributed by atoms with Crippen LogP contribution in [0.25, 0.3) is 33.1 Å². The van der Waals surface area contributed by atoms with E-state index >= 15 is 0 Å². The molecular formula is C22H19ClO3. The molecule has 0 fully saturated rings. The molecule has 0 N–H and O–H groups in total. The predicted molar refractivity (Wildman–Crippen MR) is 106 cm³/mol. The summed E-state index contributed by atoms with van der Waals surface area (Å²) >= 11 is 6.01. The van der Waals surface area contributed by atoms with Gasteiger partial charge < -0.3 is 8.83 Å². The Morgan fingerprint density at radius 1 is 1.04 bits per heavy atom. The van der Waals surface area contributed by atoms with Crippen LogP contribution in [-0.2, 0) is 6.42 Å². The molecule has 0 aliphatic rings. The van der Waals surface area contributed by atoms with Gasteiger partial charge >= 0.3 is 5.63 Å². The van der Waals surface area contributed by atoms with E-state index in [1.54, 1.807) is 12.3 Å². The van der Waals surface area contributed by atoms with Crippen molar-refractivity contribution in [3.63, 3.8) is 0 Å². The van der Waals surface area contributed by atoms with Crippen LogP contribution in [0.3, 0.4) is 0 Å². The van der Waals surface area contributed by atoms with Crippen LogP contribution in [0.4, 0.5) is 0 Å². The van der Waals surface area contributed by atoms with Crippen LogP contribution >= 0.6 is 11.6 Å². The lowest BCUT2D eigenvalue weighted by Crippen LogP contribution is -2.02. The highest BCUT2D eigenvalue weighted by atomic mass is 35.5. The highest BCUT2D eigenvalue weighted by Crippen LogP contribution is 2.37. The quantitative estimate of drug-likeness (QED) is 0.386. The Morgan fingerprint density at radius 2 is 1.81 bits per heavy atom. The van der Waals surface area contributed by atoms with Gasteiger partial charge in [0, 0.05) is 33.0 Å². The monoisotopic (exact) mass is 366 g/mol. The highest BCUT2D eigenvalue weighted by molar-refractivity contribution is 6.30. The molecule has 2 heterocycles. The first-order valence-electron chi connectivity index (χ1n) is 8.82. The molecule has 0 saturated carbocycles. The van der Waals surface area contributed by atoms with Gasteiger partial charge in [0.05, 0.1) is 6.26 Å². The molecule has 0 unspecified atom stereocenters. The maximum Gasteiger partial charge on any atom is 0.336 e. The van der Waals surface area contributed by atoms with Gasteiger partial charge in [0.15, 0.2) is 0 Å². The van der Waals surface area contributed by atoms with Crippen molar-refractivity contribution in [2.24, 2.45) is 0 Å². The lowest BCUT2D eigenvalue weighted by molar-refractivity contribution is 0.553. The molecule has 3 nitrogen and oxygen atoms in total. The number of rotatable bonds is 4. The van der Waals surface area contributed by atoms with Gasteiger partial charge in [-0.05, 0) is 49.1 Å². The fourth-order valence-corrected chi connectivity index (χ4v) is 3.59. The molecule has 4 heteroatoms. The van der Waals surface area contributed by atoms with Crippen molar-refractivity contribution in [2.45, 2.75) is 33.1 Å². The Balaban J connectivity index is 2.01. The lowest BCUT2D eigenvalue weighted by atomic mass is 9.97. The van der Waals surface area contributed by atoms with E-state index in [0.717, 1.165) is 57.9 Å². The Kier molecular flexibility index (Phi) is 4.33. The topological polar surface area (TPSA) is 43.4 Å². The Labute approximate surface area is 156 Å².